The molecule has 7 heteroatoms. The second-order valence-electron chi connectivity index (χ2n) is 6.44. The Morgan fingerprint density at radius 2 is 1.70 bits per heavy atom. The molecule has 0 aliphatic rings. The molecule has 5 nitrogen and oxygen atoms in total. The molecule has 4 aromatic rings. The van der Waals surface area contributed by atoms with Crippen molar-refractivity contribution in [1.82, 2.24) is 0 Å². The lowest BCUT2D eigenvalue weighted by atomic mass is 10.0. The Kier molecular flexibility index (Phi) is 5.48. The Labute approximate surface area is 181 Å². The van der Waals surface area contributed by atoms with Crippen LogP contribution in [0.15, 0.2) is 75.9 Å². The van der Waals surface area contributed by atoms with Crippen LogP contribution in [0, 0.1) is 0 Å². The normalized spacial score (nSPS) is 10.8. The van der Waals surface area contributed by atoms with Crippen molar-refractivity contribution < 1.29 is 13.9 Å². The summed E-state index contributed by atoms with van der Waals surface area (Å²) in [6.07, 6.45) is 0. The number of halogens is 2. The molecule has 0 atom stereocenters. The molecule has 4 rings (SSSR count). The van der Waals surface area contributed by atoms with Gasteiger partial charge in [0, 0.05) is 5.56 Å². The van der Waals surface area contributed by atoms with Crippen LogP contribution in [0.5, 0.6) is 5.75 Å². The summed E-state index contributed by atoms with van der Waals surface area (Å²) in [5.41, 5.74) is 1.12. The van der Waals surface area contributed by atoms with E-state index < -0.39 is 5.91 Å². The molecule has 0 unspecified atom stereocenters. The highest BCUT2D eigenvalue weighted by Crippen LogP contribution is 2.33. The van der Waals surface area contributed by atoms with Crippen molar-refractivity contribution in [3.63, 3.8) is 0 Å². The predicted molar refractivity (Wildman–Crippen MR) is 119 cm³/mol. The van der Waals surface area contributed by atoms with E-state index in [0.717, 1.165) is 0 Å². The van der Waals surface area contributed by atoms with Crippen molar-refractivity contribution in [2.75, 3.05) is 12.4 Å². The number of carbonyl (C=O) groups is 1. The Bertz CT molecular complexity index is 1310. The summed E-state index contributed by atoms with van der Waals surface area (Å²) in [4.78, 5) is 26.0. The van der Waals surface area contributed by atoms with E-state index in [1.807, 2.05) is 0 Å². The SMILES string of the molecule is COc1ccc(C(=O)Nc2oc3ccccc3c(=O)c2-c2ccc(Cl)c(Cl)c2)cc1. The first kappa shape index (κ1) is 20.0. The van der Waals surface area contributed by atoms with Crippen molar-refractivity contribution in [2.45, 2.75) is 0 Å². The molecule has 1 aromatic heterocycles. The molecule has 0 spiro atoms. The van der Waals surface area contributed by atoms with Gasteiger partial charge in [0.2, 0.25) is 11.3 Å². The third kappa shape index (κ3) is 3.77. The van der Waals surface area contributed by atoms with Crippen LogP contribution in [0.1, 0.15) is 10.4 Å². The van der Waals surface area contributed by atoms with Gasteiger partial charge < -0.3 is 9.15 Å². The fourth-order valence-corrected chi connectivity index (χ4v) is 3.36. The van der Waals surface area contributed by atoms with E-state index in [2.05, 4.69) is 5.32 Å². The maximum absolute atomic E-state index is 13.2. The Morgan fingerprint density at radius 3 is 2.40 bits per heavy atom. The zero-order valence-electron chi connectivity index (χ0n) is 15.7. The van der Waals surface area contributed by atoms with Crippen LogP contribution in [0.3, 0.4) is 0 Å². The average Bonchev–Trinajstić information content (AvgIpc) is 2.76. The summed E-state index contributed by atoms with van der Waals surface area (Å²) in [6.45, 7) is 0. The predicted octanol–water partition coefficient (Wildman–Crippen LogP) is 6.03. The molecule has 1 amide bonds. The number of amides is 1. The summed E-state index contributed by atoms with van der Waals surface area (Å²) in [5.74, 6) is 0.218. The lowest BCUT2D eigenvalue weighted by Crippen LogP contribution is -2.16. The molecule has 0 bridgehead atoms. The molecular formula is C23H15Cl2NO4. The van der Waals surface area contributed by atoms with Gasteiger partial charge in [0.05, 0.1) is 28.1 Å². The van der Waals surface area contributed by atoms with E-state index in [1.165, 1.54) is 0 Å². The van der Waals surface area contributed by atoms with Crippen LogP contribution >= 0.6 is 23.2 Å². The zero-order chi connectivity index (χ0) is 21.3. The number of benzene rings is 3. The molecular weight excluding hydrogens is 425 g/mol. The van der Waals surface area contributed by atoms with Gasteiger partial charge in [0.1, 0.15) is 11.3 Å². The molecule has 0 saturated carbocycles. The highest BCUT2D eigenvalue weighted by Gasteiger charge is 2.19. The van der Waals surface area contributed by atoms with E-state index in [-0.39, 0.29) is 21.9 Å². The van der Waals surface area contributed by atoms with Crippen LogP contribution in [0.4, 0.5) is 5.88 Å². The summed E-state index contributed by atoms with van der Waals surface area (Å²) >= 11 is 12.2. The molecule has 1 heterocycles. The second kappa shape index (κ2) is 8.22. The highest BCUT2D eigenvalue weighted by molar-refractivity contribution is 6.42. The van der Waals surface area contributed by atoms with Gasteiger partial charge >= 0.3 is 0 Å². The second-order valence-corrected chi connectivity index (χ2v) is 7.26. The Balaban J connectivity index is 1.85. The number of fused-ring (bicyclic) bond motifs is 1. The Hall–Kier alpha value is -3.28. The van der Waals surface area contributed by atoms with Gasteiger partial charge in [0.15, 0.2) is 0 Å². The minimum Gasteiger partial charge on any atom is -0.497 e. The molecule has 0 radical (unpaired) electrons. The number of anilines is 1. The first-order valence-electron chi connectivity index (χ1n) is 8.94. The fraction of sp³-hybridized carbons (Fsp3) is 0.0435. The van der Waals surface area contributed by atoms with E-state index in [0.29, 0.717) is 32.9 Å². The lowest BCUT2D eigenvalue weighted by molar-refractivity contribution is 0.102. The van der Waals surface area contributed by atoms with Crippen molar-refractivity contribution in [3.8, 4) is 16.9 Å². The standard InChI is InChI=1S/C23H15Cl2NO4/c1-29-15-9-6-13(7-10-15)22(28)26-23-20(14-8-11-17(24)18(25)12-14)21(27)16-4-2-3-5-19(16)30-23/h2-12H,1H3,(H,26,28). The molecule has 3 aromatic carbocycles. The van der Waals surface area contributed by atoms with Gasteiger partial charge in [-0.3, -0.25) is 14.9 Å². The summed E-state index contributed by atoms with van der Waals surface area (Å²) in [7, 11) is 1.54. The van der Waals surface area contributed by atoms with Gasteiger partial charge in [-0.1, -0.05) is 41.4 Å². The van der Waals surface area contributed by atoms with Crippen LogP contribution in [0.25, 0.3) is 22.1 Å². The quantitative estimate of drug-likeness (QED) is 0.421. The van der Waals surface area contributed by atoms with Crippen LogP contribution < -0.4 is 15.5 Å². The number of hydrogen-bond donors (Lipinski definition) is 1. The van der Waals surface area contributed by atoms with Crippen LogP contribution in [0.2, 0.25) is 10.0 Å². The van der Waals surface area contributed by atoms with E-state index in [1.54, 1.807) is 73.8 Å². The number of hydrogen-bond acceptors (Lipinski definition) is 4. The van der Waals surface area contributed by atoms with Crippen molar-refractivity contribution in [3.05, 3.63) is 92.6 Å². The molecule has 1 N–H and O–H groups in total. The molecule has 150 valence electrons. The van der Waals surface area contributed by atoms with Crippen molar-refractivity contribution in [1.29, 1.82) is 0 Å². The fourth-order valence-electron chi connectivity index (χ4n) is 3.06. The van der Waals surface area contributed by atoms with Crippen LogP contribution in [-0.4, -0.2) is 13.0 Å². The van der Waals surface area contributed by atoms with Gasteiger partial charge in [-0.15, -0.1) is 0 Å². The summed E-state index contributed by atoms with van der Waals surface area (Å²) in [6, 6.07) is 18.2. The topological polar surface area (TPSA) is 68.5 Å². The number of nitrogens with one attached hydrogen (secondary N) is 1. The van der Waals surface area contributed by atoms with Crippen molar-refractivity contribution >= 4 is 46.0 Å². The van der Waals surface area contributed by atoms with E-state index in [4.69, 9.17) is 32.4 Å². The van der Waals surface area contributed by atoms with Gasteiger partial charge in [-0.05, 0) is 54.1 Å². The van der Waals surface area contributed by atoms with Gasteiger partial charge in [-0.25, -0.2) is 0 Å². The number of rotatable bonds is 4. The number of para-hydroxylation sites is 1. The minimum absolute atomic E-state index is 0.0258. The molecule has 0 aliphatic carbocycles. The molecule has 0 saturated heterocycles. The number of methoxy groups -OCH3 is 1. The molecule has 0 fully saturated rings. The lowest BCUT2D eigenvalue weighted by Gasteiger charge is -2.12. The summed E-state index contributed by atoms with van der Waals surface area (Å²) in [5, 5.41) is 3.74. The van der Waals surface area contributed by atoms with Gasteiger partial charge in [0.25, 0.3) is 5.91 Å². The Morgan fingerprint density at radius 1 is 0.967 bits per heavy atom. The third-order valence-electron chi connectivity index (χ3n) is 4.59. The summed E-state index contributed by atoms with van der Waals surface area (Å²) < 4.78 is 11.0. The first-order chi connectivity index (χ1) is 14.5. The zero-order valence-corrected chi connectivity index (χ0v) is 17.3. The maximum Gasteiger partial charge on any atom is 0.257 e. The molecule has 0 aliphatic heterocycles. The number of carbonyl (C=O) groups excluding carboxylic acids is 1. The first-order valence-corrected chi connectivity index (χ1v) is 9.70. The average molecular weight is 440 g/mol. The van der Waals surface area contributed by atoms with Gasteiger partial charge in [-0.2, -0.15) is 0 Å². The molecule has 30 heavy (non-hydrogen) atoms. The largest absolute Gasteiger partial charge is 0.497 e. The highest BCUT2D eigenvalue weighted by atomic mass is 35.5. The maximum atomic E-state index is 13.2. The minimum atomic E-state index is -0.433. The smallest absolute Gasteiger partial charge is 0.257 e. The third-order valence-corrected chi connectivity index (χ3v) is 5.32. The number of ether oxygens (including phenoxy) is 1. The van der Waals surface area contributed by atoms with E-state index in [9.17, 15) is 9.59 Å². The van der Waals surface area contributed by atoms with E-state index >= 15 is 0 Å². The van der Waals surface area contributed by atoms with Crippen LogP contribution in [-0.2, 0) is 0 Å². The monoisotopic (exact) mass is 439 g/mol. The van der Waals surface area contributed by atoms with Crippen molar-refractivity contribution in [2.24, 2.45) is 0 Å².